The first kappa shape index (κ1) is 14.6. The predicted octanol–water partition coefficient (Wildman–Crippen LogP) is 0.964. The van der Waals surface area contributed by atoms with Crippen LogP contribution in [-0.4, -0.2) is 46.9 Å². The van der Waals surface area contributed by atoms with E-state index in [4.69, 9.17) is 0 Å². The van der Waals surface area contributed by atoms with Gasteiger partial charge in [0.15, 0.2) is 11.6 Å². The van der Waals surface area contributed by atoms with Crippen LogP contribution in [0.2, 0.25) is 0 Å². The van der Waals surface area contributed by atoms with Gasteiger partial charge < -0.3 is 9.47 Å². The van der Waals surface area contributed by atoms with E-state index in [1.165, 1.54) is 0 Å². The Labute approximate surface area is 138 Å². The van der Waals surface area contributed by atoms with Gasteiger partial charge in [-0.15, -0.1) is 10.2 Å². The molecule has 0 radical (unpaired) electrons. The summed E-state index contributed by atoms with van der Waals surface area (Å²) in [4.78, 5) is 18.4. The van der Waals surface area contributed by atoms with E-state index < -0.39 is 0 Å². The third-order valence-corrected chi connectivity index (χ3v) is 4.12. The maximum atomic E-state index is 12.7. The smallest absolute Gasteiger partial charge is 0.254 e. The molecule has 0 aromatic carbocycles. The van der Waals surface area contributed by atoms with Gasteiger partial charge in [-0.1, -0.05) is 0 Å². The molecule has 0 bridgehead atoms. The normalized spacial score (nSPS) is 14.2. The Morgan fingerprint density at radius 1 is 1.12 bits per heavy atom. The molecule has 1 aliphatic heterocycles. The molecule has 4 rings (SSSR count). The van der Waals surface area contributed by atoms with Crippen LogP contribution < -0.4 is 0 Å². The molecule has 3 aromatic rings. The van der Waals surface area contributed by atoms with Crippen molar-refractivity contribution in [1.29, 1.82) is 0 Å². The van der Waals surface area contributed by atoms with Crippen molar-refractivity contribution in [3.05, 3.63) is 60.2 Å². The van der Waals surface area contributed by atoms with Gasteiger partial charge in [0.05, 0.1) is 6.54 Å². The van der Waals surface area contributed by atoms with Crippen molar-refractivity contribution >= 4 is 5.91 Å². The molecule has 122 valence electrons. The van der Waals surface area contributed by atoms with E-state index in [0.29, 0.717) is 25.2 Å². The molecule has 0 saturated heterocycles. The van der Waals surface area contributed by atoms with Gasteiger partial charge in [-0.05, 0) is 24.6 Å². The number of hydrogen-bond acceptors (Lipinski definition) is 5. The summed E-state index contributed by atoms with van der Waals surface area (Å²) >= 11 is 0. The van der Waals surface area contributed by atoms with E-state index in [1.807, 2.05) is 21.8 Å². The van der Waals surface area contributed by atoms with Gasteiger partial charge >= 0.3 is 0 Å². The third-order valence-electron chi connectivity index (χ3n) is 4.12. The van der Waals surface area contributed by atoms with Crippen molar-refractivity contribution < 1.29 is 4.79 Å². The molecule has 0 fully saturated rings. The number of nitrogens with zero attached hydrogens (tertiary/aromatic N) is 7. The van der Waals surface area contributed by atoms with Crippen LogP contribution in [0.1, 0.15) is 28.4 Å². The van der Waals surface area contributed by atoms with Crippen LogP contribution in [0.3, 0.4) is 0 Å². The number of rotatable bonds is 3. The van der Waals surface area contributed by atoms with Crippen LogP contribution in [0.5, 0.6) is 0 Å². The molecule has 0 spiro atoms. The van der Waals surface area contributed by atoms with E-state index in [0.717, 1.165) is 24.6 Å². The SMILES string of the molecule is O=C(c1ccncc1)N1CCCn2c(nnc2Cn2cccn2)C1. The lowest BCUT2D eigenvalue weighted by Crippen LogP contribution is -2.31. The summed E-state index contributed by atoms with van der Waals surface area (Å²) < 4.78 is 3.92. The maximum absolute atomic E-state index is 12.7. The van der Waals surface area contributed by atoms with E-state index in [1.54, 1.807) is 30.7 Å². The number of carbonyl (C=O) groups is 1. The lowest BCUT2D eigenvalue weighted by Gasteiger charge is -2.19. The first-order valence-corrected chi connectivity index (χ1v) is 7.89. The Balaban J connectivity index is 1.55. The van der Waals surface area contributed by atoms with Gasteiger partial charge in [-0.3, -0.25) is 14.5 Å². The number of carbonyl (C=O) groups excluding carboxylic acids is 1. The zero-order valence-electron chi connectivity index (χ0n) is 13.1. The first-order valence-electron chi connectivity index (χ1n) is 7.89. The molecule has 4 heterocycles. The van der Waals surface area contributed by atoms with E-state index in [9.17, 15) is 4.79 Å². The fourth-order valence-corrected chi connectivity index (χ4v) is 2.92. The molecule has 3 aromatic heterocycles. The Kier molecular flexibility index (Phi) is 3.78. The van der Waals surface area contributed by atoms with Crippen LogP contribution >= 0.6 is 0 Å². The van der Waals surface area contributed by atoms with Gasteiger partial charge in [0.25, 0.3) is 5.91 Å². The molecule has 0 aliphatic carbocycles. The Morgan fingerprint density at radius 2 is 2.00 bits per heavy atom. The quantitative estimate of drug-likeness (QED) is 0.717. The van der Waals surface area contributed by atoms with Gasteiger partial charge in [0.2, 0.25) is 0 Å². The fourth-order valence-electron chi connectivity index (χ4n) is 2.92. The number of fused-ring (bicyclic) bond motifs is 1. The first-order chi connectivity index (χ1) is 11.8. The van der Waals surface area contributed by atoms with Gasteiger partial charge in [-0.25, -0.2) is 0 Å². The van der Waals surface area contributed by atoms with Crippen molar-refractivity contribution in [3.63, 3.8) is 0 Å². The van der Waals surface area contributed by atoms with Crippen LogP contribution in [0.25, 0.3) is 0 Å². The predicted molar refractivity (Wildman–Crippen MR) is 84.9 cm³/mol. The molecule has 8 nitrogen and oxygen atoms in total. The average Bonchev–Trinajstić information content (AvgIpc) is 3.20. The van der Waals surface area contributed by atoms with E-state index in [-0.39, 0.29) is 5.91 Å². The van der Waals surface area contributed by atoms with Crippen molar-refractivity contribution in [2.75, 3.05) is 6.54 Å². The van der Waals surface area contributed by atoms with Crippen molar-refractivity contribution in [1.82, 2.24) is 34.4 Å². The Hall–Kier alpha value is -3.03. The zero-order valence-corrected chi connectivity index (χ0v) is 13.1. The van der Waals surface area contributed by atoms with Gasteiger partial charge in [0.1, 0.15) is 6.54 Å². The largest absolute Gasteiger partial charge is 0.331 e. The average molecular weight is 323 g/mol. The zero-order chi connectivity index (χ0) is 16.4. The molecule has 24 heavy (non-hydrogen) atoms. The maximum Gasteiger partial charge on any atom is 0.254 e. The highest BCUT2D eigenvalue weighted by Crippen LogP contribution is 2.15. The minimum atomic E-state index is 0.00229. The summed E-state index contributed by atoms with van der Waals surface area (Å²) in [5.74, 6) is 1.69. The van der Waals surface area contributed by atoms with Crippen molar-refractivity contribution in [3.8, 4) is 0 Å². The summed E-state index contributed by atoms with van der Waals surface area (Å²) in [6, 6.07) is 5.36. The fraction of sp³-hybridized carbons (Fsp3) is 0.312. The van der Waals surface area contributed by atoms with Crippen molar-refractivity contribution in [2.24, 2.45) is 0 Å². The number of hydrogen-bond donors (Lipinski definition) is 0. The van der Waals surface area contributed by atoms with Crippen molar-refractivity contribution in [2.45, 2.75) is 26.1 Å². The topological polar surface area (TPSA) is 81.7 Å². The summed E-state index contributed by atoms with van der Waals surface area (Å²) in [5.41, 5.74) is 0.648. The molecule has 0 N–H and O–H groups in total. The number of amides is 1. The lowest BCUT2D eigenvalue weighted by atomic mass is 10.2. The van der Waals surface area contributed by atoms with Crippen LogP contribution in [0.4, 0.5) is 0 Å². The van der Waals surface area contributed by atoms with E-state index in [2.05, 4.69) is 24.8 Å². The van der Waals surface area contributed by atoms with Gasteiger partial charge in [0, 0.05) is 43.4 Å². The molecular formula is C16H17N7O. The number of pyridine rings is 1. The van der Waals surface area contributed by atoms with E-state index >= 15 is 0 Å². The lowest BCUT2D eigenvalue weighted by molar-refractivity contribution is 0.0743. The molecule has 1 amide bonds. The second kappa shape index (κ2) is 6.23. The summed E-state index contributed by atoms with van der Waals surface area (Å²) in [6.07, 6.45) is 7.78. The molecule has 0 unspecified atom stereocenters. The van der Waals surface area contributed by atoms with Crippen LogP contribution in [0.15, 0.2) is 43.0 Å². The highest BCUT2D eigenvalue weighted by atomic mass is 16.2. The standard InChI is InChI=1S/C16H17N7O/c24-16(13-3-6-17-7-4-13)21-8-2-10-23-14(11-21)19-20-15(23)12-22-9-1-5-18-22/h1,3-7,9H,2,8,10-12H2. The van der Waals surface area contributed by atoms with Crippen LogP contribution in [0, 0.1) is 0 Å². The van der Waals surface area contributed by atoms with Crippen LogP contribution in [-0.2, 0) is 19.6 Å². The molecule has 0 atom stereocenters. The summed E-state index contributed by atoms with van der Waals surface area (Å²) in [7, 11) is 0. The summed E-state index contributed by atoms with van der Waals surface area (Å²) in [6.45, 7) is 2.55. The Bertz CT molecular complexity index is 826. The minimum absolute atomic E-state index is 0.00229. The molecule has 8 heteroatoms. The third kappa shape index (κ3) is 2.78. The molecule has 1 aliphatic rings. The number of aromatic nitrogens is 6. The highest BCUT2D eigenvalue weighted by Gasteiger charge is 2.23. The highest BCUT2D eigenvalue weighted by molar-refractivity contribution is 5.94. The minimum Gasteiger partial charge on any atom is -0.331 e. The monoisotopic (exact) mass is 323 g/mol. The van der Waals surface area contributed by atoms with Gasteiger partial charge in [-0.2, -0.15) is 5.10 Å². The summed E-state index contributed by atoms with van der Waals surface area (Å²) in [5, 5.41) is 12.8. The second-order valence-electron chi connectivity index (χ2n) is 5.70. The molecular weight excluding hydrogens is 306 g/mol. The Morgan fingerprint density at radius 3 is 2.79 bits per heavy atom. The second-order valence-corrected chi connectivity index (χ2v) is 5.70. The molecule has 0 saturated carbocycles.